The molecular formula is C53H96O12. The zero-order chi connectivity index (χ0) is 48.2. The SMILES string of the molecule is CCCCCCCCOC(=O)CC(COC(=O)CCCCCCCC)CC(=O)OCC(C)CC(CC)OC(=O)CC(COC(=O)CCCCCCCC)COC(=O)CCCCCCCC. The molecule has 0 rings (SSSR count). The maximum atomic E-state index is 13.3. The lowest BCUT2D eigenvalue weighted by Crippen LogP contribution is -2.28. The lowest BCUT2D eigenvalue weighted by atomic mass is 10.0. The van der Waals surface area contributed by atoms with E-state index in [4.69, 9.17) is 28.4 Å². The van der Waals surface area contributed by atoms with Gasteiger partial charge in [0.2, 0.25) is 0 Å². The summed E-state index contributed by atoms with van der Waals surface area (Å²) >= 11 is 0. The summed E-state index contributed by atoms with van der Waals surface area (Å²) in [5.74, 6) is -3.70. The van der Waals surface area contributed by atoms with Gasteiger partial charge >= 0.3 is 35.8 Å². The minimum Gasteiger partial charge on any atom is -0.466 e. The molecule has 65 heavy (non-hydrogen) atoms. The predicted octanol–water partition coefficient (Wildman–Crippen LogP) is 13.1. The molecular weight excluding hydrogens is 829 g/mol. The van der Waals surface area contributed by atoms with Gasteiger partial charge in [0.1, 0.15) is 6.10 Å². The molecule has 0 aliphatic heterocycles. The normalized spacial score (nSPS) is 12.6. The molecule has 0 aromatic heterocycles. The molecule has 0 spiro atoms. The van der Waals surface area contributed by atoms with Gasteiger partial charge in [-0.15, -0.1) is 0 Å². The van der Waals surface area contributed by atoms with Gasteiger partial charge in [-0.05, 0) is 44.4 Å². The average molecular weight is 925 g/mol. The highest BCUT2D eigenvalue weighted by atomic mass is 16.6. The Labute approximate surface area is 395 Å². The summed E-state index contributed by atoms with van der Waals surface area (Å²) in [5.41, 5.74) is 0. The monoisotopic (exact) mass is 925 g/mol. The molecule has 3 atom stereocenters. The minimum atomic E-state index is -0.578. The van der Waals surface area contributed by atoms with Crippen molar-refractivity contribution in [2.75, 3.05) is 33.0 Å². The number of ether oxygens (including phenoxy) is 6. The molecule has 0 saturated carbocycles. The third kappa shape index (κ3) is 40.8. The van der Waals surface area contributed by atoms with Crippen molar-refractivity contribution in [3.63, 3.8) is 0 Å². The van der Waals surface area contributed by atoms with E-state index in [1.807, 2.05) is 13.8 Å². The van der Waals surface area contributed by atoms with Crippen LogP contribution >= 0.6 is 0 Å². The summed E-state index contributed by atoms with van der Waals surface area (Å²) in [6.07, 6.45) is 26.4. The quantitative estimate of drug-likeness (QED) is 0.0324. The smallest absolute Gasteiger partial charge is 0.306 e. The minimum absolute atomic E-state index is 0.0482. The standard InChI is InChI=1S/C53H96O12/c1-7-12-16-20-24-28-32-48(54)62-41-45(37-51(57)60-35-31-27-23-19-15-10-4)38-52(58)61-40-44(6)36-47(11-5)65-53(59)39-46(42-63-49(55)33-29-25-21-17-13-8-2)43-64-50(56)34-30-26-22-18-14-9-3/h44-47H,7-43H2,1-6H3. The van der Waals surface area contributed by atoms with Crippen molar-refractivity contribution in [1.82, 2.24) is 0 Å². The largest absolute Gasteiger partial charge is 0.466 e. The van der Waals surface area contributed by atoms with E-state index in [-0.39, 0.29) is 69.5 Å². The van der Waals surface area contributed by atoms with Crippen molar-refractivity contribution >= 4 is 35.8 Å². The maximum Gasteiger partial charge on any atom is 0.306 e. The van der Waals surface area contributed by atoms with Crippen molar-refractivity contribution in [3.8, 4) is 0 Å². The van der Waals surface area contributed by atoms with Crippen LogP contribution in [-0.2, 0) is 57.2 Å². The third-order valence-corrected chi connectivity index (χ3v) is 11.7. The lowest BCUT2D eigenvalue weighted by molar-refractivity contribution is -0.158. The second-order valence-corrected chi connectivity index (χ2v) is 18.5. The number of esters is 6. The molecule has 0 bridgehead atoms. The van der Waals surface area contributed by atoms with Crippen molar-refractivity contribution in [2.24, 2.45) is 17.8 Å². The van der Waals surface area contributed by atoms with Gasteiger partial charge in [0.05, 0.1) is 52.3 Å². The molecule has 0 saturated heterocycles. The van der Waals surface area contributed by atoms with E-state index in [0.717, 1.165) is 116 Å². The van der Waals surface area contributed by atoms with E-state index in [0.29, 0.717) is 38.7 Å². The van der Waals surface area contributed by atoms with Crippen molar-refractivity contribution in [3.05, 3.63) is 0 Å². The summed E-state index contributed by atoms with van der Waals surface area (Å²) in [4.78, 5) is 76.8. The van der Waals surface area contributed by atoms with Crippen LogP contribution in [0.1, 0.15) is 247 Å². The first-order chi connectivity index (χ1) is 31.5. The van der Waals surface area contributed by atoms with Gasteiger partial charge in [-0.1, -0.05) is 170 Å². The van der Waals surface area contributed by atoms with Crippen LogP contribution < -0.4 is 0 Å². The first kappa shape index (κ1) is 61.8. The van der Waals surface area contributed by atoms with Crippen LogP contribution in [0.3, 0.4) is 0 Å². The highest BCUT2D eigenvalue weighted by Gasteiger charge is 2.25. The van der Waals surface area contributed by atoms with Crippen molar-refractivity contribution < 1.29 is 57.2 Å². The summed E-state index contributed by atoms with van der Waals surface area (Å²) in [6, 6.07) is 0. The molecule has 0 heterocycles. The average Bonchev–Trinajstić information content (AvgIpc) is 3.28. The zero-order valence-corrected chi connectivity index (χ0v) is 42.4. The van der Waals surface area contributed by atoms with Gasteiger partial charge in [-0.2, -0.15) is 0 Å². The first-order valence-corrected chi connectivity index (χ1v) is 26.4. The molecule has 0 radical (unpaired) electrons. The number of hydrogen-bond acceptors (Lipinski definition) is 12. The highest BCUT2D eigenvalue weighted by molar-refractivity contribution is 5.74. The van der Waals surface area contributed by atoms with E-state index >= 15 is 0 Å². The fraction of sp³-hybridized carbons (Fsp3) is 0.887. The second kappa shape index (κ2) is 44.6. The lowest BCUT2D eigenvalue weighted by Gasteiger charge is -2.22. The third-order valence-electron chi connectivity index (χ3n) is 11.7. The highest BCUT2D eigenvalue weighted by Crippen LogP contribution is 2.19. The predicted molar refractivity (Wildman–Crippen MR) is 257 cm³/mol. The second-order valence-electron chi connectivity index (χ2n) is 18.5. The molecule has 0 aromatic carbocycles. The molecule has 0 fully saturated rings. The van der Waals surface area contributed by atoms with Crippen LogP contribution in [0.25, 0.3) is 0 Å². The number of hydrogen-bond donors (Lipinski definition) is 0. The molecule has 12 nitrogen and oxygen atoms in total. The number of carbonyl (C=O) groups excluding carboxylic acids is 6. The van der Waals surface area contributed by atoms with E-state index in [2.05, 4.69) is 27.7 Å². The fourth-order valence-corrected chi connectivity index (χ4v) is 7.53. The van der Waals surface area contributed by atoms with Crippen LogP contribution in [0.5, 0.6) is 0 Å². The van der Waals surface area contributed by atoms with Gasteiger partial charge < -0.3 is 28.4 Å². The van der Waals surface area contributed by atoms with Crippen LogP contribution in [0.2, 0.25) is 0 Å². The fourth-order valence-electron chi connectivity index (χ4n) is 7.53. The maximum absolute atomic E-state index is 13.3. The van der Waals surface area contributed by atoms with Gasteiger partial charge in [0, 0.05) is 31.1 Å². The molecule has 0 aromatic rings. The topological polar surface area (TPSA) is 158 Å². The van der Waals surface area contributed by atoms with Crippen LogP contribution in [-0.4, -0.2) is 75.0 Å². The van der Waals surface area contributed by atoms with Crippen LogP contribution in [0, 0.1) is 17.8 Å². The zero-order valence-electron chi connectivity index (χ0n) is 42.4. The first-order valence-electron chi connectivity index (χ1n) is 26.4. The van der Waals surface area contributed by atoms with Crippen LogP contribution in [0.4, 0.5) is 0 Å². The Morgan fingerprint density at radius 1 is 0.354 bits per heavy atom. The molecule has 3 unspecified atom stereocenters. The number of carbonyl (C=O) groups is 6. The summed E-state index contributed by atoms with van der Waals surface area (Å²) < 4.78 is 33.6. The Hall–Kier alpha value is -3.18. The summed E-state index contributed by atoms with van der Waals surface area (Å²) in [6.45, 7) is 12.7. The van der Waals surface area contributed by atoms with E-state index < -0.39 is 35.8 Å². The van der Waals surface area contributed by atoms with Gasteiger partial charge in [0.15, 0.2) is 0 Å². The molecule has 380 valence electrons. The number of rotatable bonds is 46. The summed E-state index contributed by atoms with van der Waals surface area (Å²) in [7, 11) is 0. The van der Waals surface area contributed by atoms with Gasteiger partial charge in [-0.25, -0.2) is 0 Å². The van der Waals surface area contributed by atoms with E-state index in [1.54, 1.807) is 0 Å². The Bertz CT molecular complexity index is 1170. The Morgan fingerprint density at radius 3 is 1.11 bits per heavy atom. The number of unbranched alkanes of at least 4 members (excludes halogenated alkanes) is 20. The summed E-state index contributed by atoms with van der Waals surface area (Å²) in [5, 5.41) is 0. The molecule has 0 aliphatic carbocycles. The van der Waals surface area contributed by atoms with Crippen molar-refractivity contribution in [1.29, 1.82) is 0 Å². The Balaban J connectivity index is 5.21. The van der Waals surface area contributed by atoms with E-state index in [9.17, 15) is 28.8 Å². The van der Waals surface area contributed by atoms with Gasteiger partial charge in [0.25, 0.3) is 0 Å². The van der Waals surface area contributed by atoms with Crippen LogP contribution in [0.15, 0.2) is 0 Å². The van der Waals surface area contributed by atoms with Crippen molar-refractivity contribution in [2.45, 2.75) is 253 Å². The molecule has 0 amide bonds. The Kier molecular flexibility index (Phi) is 42.5. The molecule has 12 heteroatoms. The molecule has 0 aliphatic rings. The van der Waals surface area contributed by atoms with E-state index in [1.165, 1.54) is 38.5 Å². The Morgan fingerprint density at radius 2 is 0.692 bits per heavy atom. The molecule has 0 N–H and O–H groups in total. The van der Waals surface area contributed by atoms with Gasteiger partial charge in [-0.3, -0.25) is 28.8 Å².